The average molecular weight is 318 g/mol. The van der Waals surface area contributed by atoms with E-state index in [4.69, 9.17) is 16.3 Å². The van der Waals surface area contributed by atoms with Crippen LogP contribution in [-0.2, 0) is 14.6 Å². The predicted molar refractivity (Wildman–Crippen MR) is 76.7 cm³/mol. The van der Waals surface area contributed by atoms with Gasteiger partial charge in [-0.2, -0.15) is 0 Å². The summed E-state index contributed by atoms with van der Waals surface area (Å²) in [6, 6.07) is 6.44. The average Bonchev–Trinajstić information content (AvgIpc) is 2.68. The van der Waals surface area contributed by atoms with Gasteiger partial charge in [-0.05, 0) is 31.5 Å². The largest absolute Gasteiger partial charge is 0.481 e. The number of ether oxygens (including phenoxy) is 1. The number of nitrogens with one attached hydrogen (secondary N) is 1. The molecule has 0 saturated carbocycles. The van der Waals surface area contributed by atoms with Crippen LogP contribution in [0.5, 0.6) is 5.75 Å². The van der Waals surface area contributed by atoms with Gasteiger partial charge in [0.25, 0.3) is 5.91 Å². The highest BCUT2D eigenvalue weighted by Crippen LogP contribution is 2.18. The zero-order valence-electron chi connectivity index (χ0n) is 11.0. The molecule has 7 heteroatoms. The van der Waals surface area contributed by atoms with Gasteiger partial charge >= 0.3 is 0 Å². The van der Waals surface area contributed by atoms with Crippen molar-refractivity contribution in [1.82, 2.24) is 5.32 Å². The first-order valence-electron chi connectivity index (χ1n) is 6.29. The van der Waals surface area contributed by atoms with E-state index in [1.54, 1.807) is 31.2 Å². The van der Waals surface area contributed by atoms with E-state index in [9.17, 15) is 13.2 Å². The van der Waals surface area contributed by atoms with E-state index in [2.05, 4.69) is 5.32 Å². The molecule has 1 aliphatic heterocycles. The van der Waals surface area contributed by atoms with Crippen molar-refractivity contribution in [1.29, 1.82) is 0 Å². The molecule has 2 unspecified atom stereocenters. The molecule has 1 aliphatic rings. The molecule has 0 spiro atoms. The van der Waals surface area contributed by atoms with Gasteiger partial charge in [0.05, 0.1) is 11.5 Å². The van der Waals surface area contributed by atoms with Gasteiger partial charge in [-0.25, -0.2) is 8.42 Å². The van der Waals surface area contributed by atoms with Crippen molar-refractivity contribution >= 4 is 27.3 Å². The van der Waals surface area contributed by atoms with Crippen molar-refractivity contribution in [2.75, 3.05) is 11.5 Å². The van der Waals surface area contributed by atoms with Gasteiger partial charge in [-0.3, -0.25) is 4.79 Å². The van der Waals surface area contributed by atoms with Gasteiger partial charge in [0.2, 0.25) is 0 Å². The standard InChI is InChI=1S/C13H16ClNO4S/c1-9(19-12-4-2-3-10(14)7-12)13(16)15-11-5-6-20(17,18)8-11/h2-4,7,9,11H,5-6,8H2,1H3,(H,15,16). The lowest BCUT2D eigenvalue weighted by Crippen LogP contribution is -2.43. The topological polar surface area (TPSA) is 72.5 Å². The molecule has 2 rings (SSSR count). The molecular weight excluding hydrogens is 302 g/mol. The molecule has 0 bridgehead atoms. The normalized spacial score (nSPS) is 22.2. The lowest BCUT2D eigenvalue weighted by Gasteiger charge is -2.17. The van der Waals surface area contributed by atoms with E-state index in [0.29, 0.717) is 17.2 Å². The highest BCUT2D eigenvalue weighted by molar-refractivity contribution is 7.91. The third kappa shape index (κ3) is 4.11. The number of sulfone groups is 1. The predicted octanol–water partition coefficient (Wildman–Crippen LogP) is 1.41. The van der Waals surface area contributed by atoms with Crippen LogP contribution in [0.25, 0.3) is 0 Å². The highest BCUT2D eigenvalue weighted by atomic mass is 35.5. The summed E-state index contributed by atoms with van der Waals surface area (Å²) in [4.78, 5) is 11.9. The summed E-state index contributed by atoms with van der Waals surface area (Å²) in [5, 5.41) is 3.22. The van der Waals surface area contributed by atoms with Crippen molar-refractivity contribution in [3.63, 3.8) is 0 Å². The molecule has 1 saturated heterocycles. The molecule has 0 aliphatic carbocycles. The fourth-order valence-electron chi connectivity index (χ4n) is 2.03. The summed E-state index contributed by atoms with van der Waals surface area (Å²) in [7, 11) is -3.00. The van der Waals surface area contributed by atoms with Crippen molar-refractivity contribution in [2.45, 2.75) is 25.5 Å². The first-order valence-corrected chi connectivity index (χ1v) is 8.49. The Morgan fingerprint density at radius 1 is 1.50 bits per heavy atom. The van der Waals surface area contributed by atoms with Crippen LogP contribution in [0.2, 0.25) is 5.02 Å². The fourth-order valence-corrected chi connectivity index (χ4v) is 3.88. The SMILES string of the molecule is CC(Oc1cccc(Cl)c1)C(=O)NC1CCS(=O)(=O)C1. The summed E-state index contributed by atoms with van der Waals surface area (Å²) in [5.41, 5.74) is 0. The van der Waals surface area contributed by atoms with Gasteiger partial charge in [0, 0.05) is 11.1 Å². The summed E-state index contributed by atoms with van der Waals surface area (Å²) >= 11 is 5.83. The quantitative estimate of drug-likeness (QED) is 0.911. The van der Waals surface area contributed by atoms with Crippen molar-refractivity contribution in [3.8, 4) is 5.75 Å². The van der Waals surface area contributed by atoms with Crippen LogP contribution in [-0.4, -0.2) is 38.0 Å². The summed E-state index contributed by atoms with van der Waals surface area (Å²) in [5.74, 6) is 0.302. The second kappa shape index (κ2) is 6.01. The molecule has 1 fully saturated rings. The molecule has 110 valence electrons. The van der Waals surface area contributed by atoms with Crippen LogP contribution in [0.4, 0.5) is 0 Å². The fraction of sp³-hybridized carbons (Fsp3) is 0.462. The minimum absolute atomic E-state index is 0.00260. The number of rotatable bonds is 4. The van der Waals surface area contributed by atoms with Gasteiger partial charge in [0.1, 0.15) is 5.75 Å². The Bertz CT molecular complexity index is 602. The van der Waals surface area contributed by atoms with E-state index in [-0.39, 0.29) is 23.5 Å². The zero-order valence-corrected chi connectivity index (χ0v) is 12.6. The molecule has 1 N–H and O–H groups in total. The number of carbonyl (C=O) groups is 1. The Labute approximate surface area is 123 Å². The van der Waals surface area contributed by atoms with Crippen molar-refractivity contribution in [2.24, 2.45) is 0 Å². The Morgan fingerprint density at radius 3 is 2.85 bits per heavy atom. The summed E-state index contributed by atoms with van der Waals surface area (Å²) in [6.45, 7) is 1.61. The molecule has 1 heterocycles. The van der Waals surface area contributed by atoms with Crippen LogP contribution < -0.4 is 10.1 Å². The number of carbonyl (C=O) groups excluding carboxylic acids is 1. The van der Waals surface area contributed by atoms with E-state index in [1.165, 1.54) is 0 Å². The van der Waals surface area contributed by atoms with Crippen molar-refractivity contribution in [3.05, 3.63) is 29.3 Å². The number of hydrogen-bond donors (Lipinski definition) is 1. The second-order valence-electron chi connectivity index (χ2n) is 4.83. The Balaban J connectivity index is 1.89. The Kier molecular flexibility index (Phi) is 4.55. The Morgan fingerprint density at radius 2 is 2.25 bits per heavy atom. The van der Waals surface area contributed by atoms with Crippen LogP contribution >= 0.6 is 11.6 Å². The summed E-state index contributed by atoms with van der Waals surface area (Å²) in [6.07, 6.45) is -0.255. The van der Waals surface area contributed by atoms with Gasteiger partial charge in [-0.1, -0.05) is 17.7 Å². The molecule has 5 nitrogen and oxygen atoms in total. The first-order chi connectivity index (χ1) is 9.35. The van der Waals surface area contributed by atoms with Crippen LogP contribution in [0.1, 0.15) is 13.3 Å². The number of hydrogen-bond acceptors (Lipinski definition) is 4. The molecule has 0 aromatic heterocycles. The summed E-state index contributed by atoms with van der Waals surface area (Å²) < 4.78 is 28.1. The van der Waals surface area contributed by atoms with Crippen LogP contribution in [0.3, 0.4) is 0 Å². The van der Waals surface area contributed by atoms with E-state index >= 15 is 0 Å². The Hall–Kier alpha value is -1.27. The molecule has 1 aromatic rings. The van der Waals surface area contributed by atoms with Gasteiger partial charge in [-0.15, -0.1) is 0 Å². The molecule has 20 heavy (non-hydrogen) atoms. The second-order valence-corrected chi connectivity index (χ2v) is 7.49. The van der Waals surface area contributed by atoms with E-state index in [1.807, 2.05) is 0 Å². The maximum Gasteiger partial charge on any atom is 0.261 e. The minimum atomic E-state index is -3.00. The number of amides is 1. The number of benzene rings is 1. The lowest BCUT2D eigenvalue weighted by molar-refractivity contribution is -0.127. The van der Waals surface area contributed by atoms with E-state index < -0.39 is 15.9 Å². The molecular formula is C13H16ClNO4S. The molecule has 2 atom stereocenters. The third-order valence-corrected chi connectivity index (χ3v) is 5.06. The highest BCUT2D eigenvalue weighted by Gasteiger charge is 2.30. The third-order valence-electron chi connectivity index (χ3n) is 3.06. The number of halogens is 1. The van der Waals surface area contributed by atoms with Crippen LogP contribution in [0.15, 0.2) is 24.3 Å². The maximum absolute atomic E-state index is 11.9. The van der Waals surface area contributed by atoms with Gasteiger partial charge < -0.3 is 10.1 Å². The van der Waals surface area contributed by atoms with Crippen molar-refractivity contribution < 1.29 is 17.9 Å². The lowest BCUT2D eigenvalue weighted by atomic mass is 10.2. The minimum Gasteiger partial charge on any atom is -0.481 e. The van der Waals surface area contributed by atoms with E-state index in [0.717, 1.165) is 0 Å². The smallest absolute Gasteiger partial charge is 0.261 e. The molecule has 1 amide bonds. The molecule has 0 radical (unpaired) electrons. The monoisotopic (exact) mass is 317 g/mol. The molecule has 1 aromatic carbocycles. The first kappa shape index (κ1) is 15.1. The maximum atomic E-state index is 11.9. The van der Waals surface area contributed by atoms with Crippen LogP contribution in [0, 0.1) is 0 Å². The zero-order chi connectivity index (χ0) is 14.8. The van der Waals surface area contributed by atoms with Gasteiger partial charge in [0.15, 0.2) is 15.9 Å².